The largest absolute Gasteiger partial charge is 0.508 e. The number of para-hydroxylation sites is 2. The third-order valence-corrected chi connectivity index (χ3v) is 5.20. The van der Waals surface area contributed by atoms with E-state index in [-0.39, 0.29) is 17.4 Å². The summed E-state index contributed by atoms with van der Waals surface area (Å²) in [6.07, 6.45) is 0. The highest BCUT2D eigenvalue weighted by molar-refractivity contribution is 8.01. The maximum absolute atomic E-state index is 12.0. The summed E-state index contributed by atoms with van der Waals surface area (Å²) in [5.41, 5.74) is 1.43. The van der Waals surface area contributed by atoms with E-state index in [1.165, 1.54) is 35.2 Å². The van der Waals surface area contributed by atoms with Crippen molar-refractivity contribution in [3.05, 3.63) is 48.5 Å². The Bertz CT molecular complexity index is 884. The first-order valence-corrected chi connectivity index (χ1v) is 9.39. The number of hydrogen-bond acceptors (Lipinski definition) is 8. The molecule has 0 aliphatic rings. The average molecular weight is 388 g/mol. The van der Waals surface area contributed by atoms with Crippen LogP contribution in [-0.2, 0) is 4.79 Å². The molecule has 3 N–H and O–H groups in total. The Labute approximate surface area is 158 Å². The molecule has 0 saturated carbocycles. The highest BCUT2D eigenvalue weighted by Gasteiger charge is 2.10. The standard InChI is InChI=1S/C17H16N4O3S2/c1-24-14-5-3-2-4-13(14)19-16-20-21-17(26-16)25-10-15(23)18-11-6-8-12(22)9-7-11/h2-9,22H,10H2,1H3,(H,18,23)(H,19,20). The topological polar surface area (TPSA) is 96.4 Å². The van der Waals surface area contributed by atoms with Gasteiger partial charge in [0.25, 0.3) is 0 Å². The lowest BCUT2D eigenvalue weighted by Crippen LogP contribution is -2.13. The molecule has 0 aliphatic carbocycles. The number of nitrogens with one attached hydrogen (secondary N) is 2. The third-order valence-electron chi connectivity index (χ3n) is 3.23. The molecular weight excluding hydrogens is 372 g/mol. The second-order valence-electron chi connectivity index (χ2n) is 5.08. The van der Waals surface area contributed by atoms with Crippen LogP contribution in [0.15, 0.2) is 52.9 Å². The molecule has 0 atom stereocenters. The molecule has 0 radical (unpaired) electrons. The van der Waals surface area contributed by atoms with Crippen molar-refractivity contribution in [2.24, 2.45) is 0 Å². The Kier molecular flexibility index (Phi) is 5.92. The minimum atomic E-state index is -0.157. The molecule has 3 aromatic rings. The SMILES string of the molecule is COc1ccccc1Nc1nnc(SCC(=O)Nc2ccc(O)cc2)s1. The zero-order valence-electron chi connectivity index (χ0n) is 13.8. The van der Waals surface area contributed by atoms with Gasteiger partial charge in [-0.2, -0.15) is 0 Å². The van der Waals surface area contributed by atoms with Gasteiger partial charge >= 0.3 is 0 Å². The van der Waals surface area contributed by atoms with E-state index < -0.39 is 0 Å². The first kappa shape index (κ1) is 18.0. The lowest BCUT2D eigenvalue weighted by molar-refractivity contribution is -0.113. The lowest BCUT2D eigenvalue weighted by Gasteiger charge is -2.07. The highest BCUT2D eigenvalue weighted by atomic mass is 32.2. The van der Waals surface area contributed by atoms with Crippen LogP contribution in [-0.4, -0.2) is 34.1 Å². The molecular formula is C17H16N4O3S2. The van der Waals surface area contributed by atoms with Crippen LogP contribution in [0.3, 0.4) is 0 Å². The Morgan fingerprint density at radius 2 is 1.96 bits per heavy atom. The number of aromatic hydroxyl groups is 1. The van der Waals surface area contributed by atoms with Gasteiger partial charge in [-0.1, -0.05) is 35.2 Å². The third kappa shape index (κ3) is 4.87. The highest BCUT2D eigenvalue weighted by Crippen LogP contribution is 2.31. The molecule has 7 nitrogen and oxygen atoms in total. The van der Waals surface area contributed by atoms with Gasteiger partial charge in [-0.05, 0) is 36.4 Å². The van der Waals surface area contributed by atoms with Gasteiger partial charge in [-0.3, -0.25) is 4.79 Å². The summed E-state index contributed by atoms with van der Waals surface area (Å²) in [6.45, 7) is 0. The van der Waals surface area contributed by atoms with Crippen molar-refractivity contribution in [3.8, 4) is 11.5 Å². The monoisotopic (exact) mass is 388 g/mol. The normalized spacial score (nSPS) is 10.3. The molecule has 0 fully saturated rings. The molecule has 3 rings (SSSR count). The Hall–Kier alpha value is -2.78. The minimum absolute atomic E-state index is 0.154. The number of rotatable bonds is 7. The summed E-state index contributed by atoms with van der Waals surface area (Å²) in [7, 11) is 1.61. The van der Waals surface area contributed by atoms with Crippen LogP contribution in [0.4, 0.5) is 16.5 Å². The molecule has 26 heavy (non-hydrogen) atoms. The van der Waals surface area contributed by atoms with Gasteiger partial charge in [0, 0.05) is 5.69 Å². The lowest BCUT2D eigenvalue weighted by atomic mass is 10.3. The minimum Gasteiger partial charge on any atom is -0.508 e. The zero-order valence-corrected chi connectivity index (χ0v) is 15.4. The van der Waals surface area contributed by atoms with Gasteiger partial charge in [0.2, 0.25) is 11.0 Å². The molecule has 0 aliphatic heterocycles. The Balaban J connectivity index is 1.53. The molecule has 9 heteroatoms. The summed E-state index contributed by atoms with van der Waals surface area (Å²) in [6, 6.07) is 13.8. The van der Waals surface area contributed by atoms with Gasteiger partial charge < -0.3 is 20.5 Å². The van der Waals surface area contributed by atoms with Gasteiger partial charge in [0.05, 0.1) is 18.6 Å². The Morgan fingerprint density at radius 3 is 2.73 bits per heavy atom. The fourth-order valence-electron chi connectivity index (χ4n) is 2.05. The van der Waals surface area contributed by atoms with E-state index in [1.54, 1.807) is 19.2 Å². The van der Waals surface area contributed by atoms with Gasteiger partial charge in [0.1, 0.15) is 11.5 Å². The molecule has 0 bridgehead atoms. The quantitative estimate of drug-likeness (QED) is 0.419. The smallest absolute Gasteiger partial charge is 0.234 e. The number of amides is 1. The van der Waals surface area contributed by atoms with Crippen LogP contribution < -0.4 is 15.4 Å². The maximum atomic E-state index is 12.0. The van der Waals surface area contributed by atoms with E-state index in [9.17, 15) is 9.90 Å². The number of methoxy groups -OCH3 is 1. The van der Waals surface area contributed by atoms with E-state index in [0.29, 0.717) is 20.9 Å². The number of ether oxygens (including phenoxy) is 1. The summed E-state index contributed by atoms with van der Waals surface area (Å²) in [5, 5.41) is 23.9. The van der Waals surface area contributed by atoms with E-state index in [2.05, 4.69) is 20.8 Å². The van der Waals surface area contributed by atoms with E-state index in [0.717, 1.165) is 5.69 Å². The van der Waals surface area contributed by atoms with E-state index in [1.807, 2.05) is 24.3 Å². The molecule has 0 unspecified atom stereocenters. The van der Waals surface area contributed by atoms with Crippen molar-refractivity contribution in [2.75, 3.05) is 23.5 Å². The number of benzene rings is 2. The van der Waals surface area contributed by atoms with Crippen molar-refractivity contribution in [1.82, 2.24) is 10.2 Å². The van der Waals surface area contributed by atoms with Crippen molar-refractivity contribution in [2.45, 2.75) is 4.34 Å². The number of carbonyl (C=O) groups is 1. The Morgan fingerprint density at radius 1 is 1.19 bits per heavy atom. The van der Waals surface area contributed by atoms with E-state index >= 15 is 0 Å². The molecule has 134 valence electrons. The number of anilines is 3. The maximum Gasteiger partial charge on any atom is 0.234 e. The van der Waals surface area contributed by atoms with Gasteiger partial charge in [-0.15, -0.1) is 10.2 Å². The predicted octanol–water partition coefficient (Wildman–Crippen LogP) is 3.73. The fraction of sp³-hybridized carbons (Fsp3) is 0.118. The summed E-state index contributed by atoms with van der Waals surface area (Å²) < 4.78 is 5.97. The number of aromatic nitrogens is 2. The number of hydrogen-bond donors (Lipinski definition) is 3. The molecule has 1 heterocycles. The second kappa shape index (κ2) is 8.54. The first-order valence-electron chi connectivity index (χ1n) is 7.59. The predicted molar refractivity (Wildman–Crippen MR) is 104 cm³/mol. The fourth-order valence-corrected chi connectivity index (χ4v) is 3.62. The molecule has 1 aromatic heterocycles. The van der Waals surface area contributed by atoms with Crippen molar-refractivity contribution >= 4 is 45.5 Å². The molecule has 1 amide bonds. The van der Waals surface area contributed by atoms with Crippen molar-refractivity contribution in [3.63, 3.8) is 0 Å². The summed E-state index contributed by atoms with van der Waals surface area (Å²) >= 11 is 2.66. The van der Waals surface area contributed by atoms with E-state index in [4.69, 9.17) is 4.74 Å². The van der Waals surface area contributed by atoms with Gasteiger partial charge in [-0.25, -0.2) is 0 Å². The van der Waals surface area contributed by atoms with Crippen molar-refractivity contribution < 1.29 is 14.6 Å². The van der Waals surface area contributed by atoms with Crippen LogP contribution in [0.5, 0.6) is 11.5 Å². The summed E-state index contributed by atoms with van der Waals surface area (Å²) in [4.78, 5) is 12.0. The van der Waals surface area contributed by atoms with Crippen LogP contribution >= 0.6 is 23.1 Å². The zero-order chi connectivity index (χ0) is 18.4. The molecule has 0 spiro atoms. The second-order valence-corrected chi connectivity index (χ2v) is 7.28. The van der Waals surface area contributed by atoms with Crippen LogP contribution in [0.1, 0.15) is 0 Å². The van der Waals surface area contributed by atoms with Crippen molar-refractivity contribution in [1.29, 1.82) is 0 Å². The number of phenols is 1. The number of nitrogens with zero attached hydrogens (tertiary/aromatic N) is 2. The molecule has 0 saturated heterocycles. The average Bonchev–Trinajstić information content (AvgIpc) is 3.10. The number of carbonyl (C=O) groups excluding carboxylic acids is 1. The number of thioether (sulfide) groups is 1. The first-order chi connectivity index (χ1) is 12.6. The van der Waals surface area contributed by atoms with Crippen LogP contribution in [0, 0.1) is 0 Å². The number of phenolic OH excluding ortho intramolecular Hbond substituents is 1. The van der Waals surface area contributed by atoms with Crippen LogP contribution in [0.2, 0.25) is 0 Å². The van der Waals surface area contributed by atoms with Gasteiger partial charge in [0.15, 0.2) is 4.34 Å². The summed E-state index contributed by atoms with van der Waals surface area (Å²) in [5.74, 6) is 0.922. The van der Waals surface area contributed by atoms with Crippen LogP contribution in [0.25, 0.3) is 0 Å². The molecule has 2 aromatic carbocycles.